The molecule has 0 aliphatic rings. The molecule has 0 heterocycles. The lowest BCUT2D eigenvalue weighted by Crippen LogP contribution is -2.38. The number of amides is 1. The molecule has 1 aromatic rings. The van der Waals surface area contributed by atoms with E-state index in [0.29, 0.717) is 17.0 Å². The van der Waals surface area contributed by atoms with Crippen molar-refractivity contribution in [3.63, 3.8) is 0 Å². The van der Waals surface area contributed by atoms with E-state index in [2.05, 4.69) is 13.8 Å². The lowest BCUT2D eigenvalue weighted by Gasteiger charge is -2.28. The van der Waals surface area contributed by atoms with Gasteiger partial charge < -0.3 is 4.90 Å². The van der Waals surface area contributed by atoms with Crippen molar-refractivity contribution in [3.05, 3.63) is 35.4 Å². The summed E-state index contributed by atoms with van der Waals surface area (Å²) in [6, 6.07) is 9.02. The smallest absolute Gasteiger partial charge is 0.253 e. The molecule has 1 rings (SSSR count). The van der Waals surface area contributed by atoms with Gasteiger partial charge in [0.25, 0.3) is 5.91 Å². The van der Waals surface area contributed by atoms with Crippen LogP contribution in [0.4, 0.5) is 0 Å². The molecular weight excluding hydrogens is 212 g/mol. The summed E-state index contributed by atoms with van der Waals surface area (Å²) >= 11 is 0. The molecule has 1 aromatic carbocycles. The van der Waals surface area contributed by atoms with Crippen LogP contribution in [-0.4, -0.2) is 23.9 Å². The first kappa shape index (κ1) is 13.2. The molecule has 0 saturated carbocycles. The van der Waals surface area contributed by atoms with E-state index in [9.17, 15) is 4.79 Å². The molecule has 0 spiro atoms. The largest absolute Gasteiger partial charge is 0.339 e. The quantitative estimate of drug-likeness (QED) is 0.801. The van der Waals surface area contributed by atoms with E-state index in [-0.39, 0.29) is 11.9 Å². The minimum atomic E-state index is -0.0386. The first-order chi connectivity index (χ1) is 7.97. The highest BCUT2D eigenvalue weighted by molar-refractivity contribution is 5.94. The number of benzene rings is 1. The van der Waals surface area contributed by atoms with Crippen molar-refractivity contribution in [3.8, 4) is 6.07 Å². The van der Waals surface area contributed by atoms with Crippen molar-refractivity contribution in [1.82, 2.24) is 4.90 Å². The SMILES string of the molecule is CC(C)C(C)N(C)C(=O)c1cccc(C#N)c1. The van der Waals surface area contributed by atoms with Gasteiger partial charge in [-0.15, -0.1) is 0 Å². The minimum absolute atomic E-state index is 0.0386. The highest BCUT2D eigenvalue weighted by Gasteiger charge is 2.19. The lowest BCUT2D eigenvalue weighted by atomic mass is 10.0. The predicted octanol–water partition coefficient (Wildman–Crippen LogP) is 2.67. The maximum absolute atomic E-state index is 12.2. The van der Waals surface area contributed by atoms with Gasteiger partial charge in [-0.1, -0.05) is 19.9 Å². The third kappa shape index (κ3) is 3.07. The molecule has 1 unspecified atom stereocenters. The average molecular weight is 230 g/mol. The first-order valence-corrected chi connectivity index (χ1v) is 5.74. The van der Waals surface area contributed by atoms with Gasteiger partial charge in [0.2, 0.25) is 0 Å². The molecule has 0 aliphatic heterocycles. The van der Waals surface area contributed by atoms with Gasteiger partial charge in [-0.3, -0.25) is 4.79 Å². The molecule has 0 aliphatic carbocycles. The van der Waals surface area contributed by atoms with E-state index in [1.807, 2.05) is 13.0 Å². The Labute approximate surface area is 103 Å². The normalized spacial score (nSPS) is 12.0. The summed E-state index contributed by atoms with van der Waals surface area (Å²) in [6.07, 6.45) is 0. The van der Waals surface area contributed by atoms with E-state index in [1.54, 1.807) is 36.2 Å². The van der Waals surface area contributed by atoms with Crippen LogP contribution in [0, 0.1) is 17.2 Å². The fourth-order valence-corrected chi connectivity index (χ4v) is 1.56. The van der Waals surface area contributed by atoms with Crippen LogP contribution in [0.1, 0.15) is 36.7 Å². The summed E-state index contributed by atoms with van der Waals surface area (Å²) in [5, 5.41) is 8.80. The van der Waals surface area contributed by atoms with Crippen LogP contribution < -0.4 is 0 Å². The second-order valence-electron chi connectivity index (χ2n) is 4.59. The van der Waals surface area contributed by atoms with E-state index < -0.39 is 0 Å². The highest BCUT2D eigenvalue weighted by Crippen LogP contribution is 2.13. The number of nitriles is 1. The molecule has 90 valence electrons. The van der Waals surface area contributed by atoms with Crippen LogP contribution in [0.5, 0.6) is 0 Å². The standard InChI is InChI=1S/C14H18N2O/c1-10(2)11(3)16(4)14(17)13-7-5-6-12(8-13)9-15/h5-8,10-11H,1-4H3. The van der Waals surface area contributed by atoms with Gasteiger partial charge in [0.15, 0.2) is 0 Å². The summed E-state index contributed by atoms with van der Waals surface area (Å²) in [6.45, 7) is 6.19. The Morgan fingerprint density at radius 1 is 1.35 bits per heavy atom. The predicted molar refractivity (Wildman–Crippen MR) is 67.6 cm³/mol. The van der Waals surface area contributed by atoms with Gasteiger partial charge in [0.1, 0.15) is 0 Å². The molecule has 0 bridgehead atoms. The number of carbonyl (C=O) groups excluding carboxylic acids is 1. The molecule has 0 saturated heterocycles. The van der Waals surface area contributed by atoms with Crippen molar-refractivity contribution in [2.24, 2.45) is 5.92 Å². The Bertz CT molecular complexity index is 446. The van der Waals surface area contributed by atoms with Crippen molar-refractivity contribution < 1.29 is 4.79 Å². The van der Waals surface area contributed by atoms with E-state index in [0.717, 1.165) is 0 Å². The molecule has 17 heavy (non-hydrogen) atoms. The number of carbonyl (C=O) groups is 1. The van der Waals surface area contributed by atoms with Crippen molar-refractivity contribution in [2.75, 3.05) is 7.05 Å². The van der Waals surface area contributed by atoms with Crippen LogP contribution in [0.15, 0.2) is 24.3 Å². The first-order valence-electron chi connectivity index (χ1n) is 5.74. The lowest BCUT2D eigenvalue weighted by molar-refractivity contribution is 0.0707. The van der Waals surface area contributed by atoms with Crippen molar-refractivity contribution >= 4 is 5.91 Å². The van der Waals surface area contributed by atoms with Gasteiger partial charge in [-0.25, -0.2) is 0 Å². The number of rotatable bonds is 3. The van der Waals surface area contributed by atoms with Crippen LogP contribution >= 0.6 is 0 Å². The number of hydrogen-bond donors (Lipinski definition) is 0. The maximum Gasteiger partial charge on any atom is 0.253 e. The summed E-state index contributed by atoms with van der Waals surface area (Å²) in [4.78, 5) is 13.9. The Morgan fingerprint density at radius 2 is 2.00 bits per heavy atom. The summed E-state index contributed by atoms with van der Waals surface area (Å²) in [5.41, 5.74) is 1.08. The molecule has 0 N–H and O–H groups in total. The Balaban J connectivity index is 2.93. The molecule has 1 atom stereocenters. The zero-order valence-electron chi connectivity index (χ0n) is 10.8. The average Bonchev–Trinajstić information content (AvgIpc) is 2.36. The third-order valence-corrected chi connectivity index (χ3v) is 3.13. The van der Waals surface area contributed by atoms with Crippen LogP contribution in [0.2, 0.25) is 0 Å². The van der Waals surface area contributed by atoms with Gasteiger partial charge in [0, 0.05) is 18.7 Å². The van der Waals surface area contributed by atoms with Crippen LogP contribution in [-0.2, 0) is 0 Å². The molecule has 0 aromatic heterocycles. The maximum atomic E-state index is 12.2. The summed E-state index contributed by atoms with van der Waals surface area (Å²) in [7, 11) is 1.80. The number of nitrogens with zero attached hydrogens (tertiary/aromatic N) is 2. The number of hydrogen-bond acceptors (Lipinski definition) is 2. The zero-order valence-corrected chi connectivity index (χ0v) is 10.8. The van der Waals surface area contributed by atoms with E-state index >= 15 is 0 Å². The Hall–Kier alpha value is -1.82. The highest BCUT2D eigenvalue weighted by atomic mass is 16.2. The minimum Gasteiger partial charge on any atom is -0.339 e. The molecule has 0 fully saturated rings. The summed E-state index contributed by atoms with van der Waals surface area (Å²) in [5.74, 6) is 0.367. The Kier molecular flexibility index (Phi) is 4.28. The second-order valence-corrected chi connectivity index (χ2v) is 4.59. The van der Waals surface area contributed by atoms with E-state index in [1.165, 1.54) is 0 Å². The van der Waals surface area contributed by atoms with Gasteiger partial charge in [0.05, 0.1) is 11.6 Å². The molecule has 3 nitrogen and oxygen atoms in total. The molecule has 3 heteroatoms. The van der Waals surface area contributed by atoms with Crippen LogP contribution in [0.3, 0.4) is 0 Å². The van der Waals surface area contributed by atoms with E-state index in [4.69, 9.17) is 5.26 Å². The molecule has 1 amide bonds. The molecular formula is C14H18N2O. The monoisotopic (exact) mass is 230 g/mol. The van der Waals surface area contributed by atoms with Crippen molar-refractivity contribution in [1.29, 1.82) is 5.26 Å². The zero-order chi connectivity index (χ0) is 13.0. The van der Waals surface area contributed by atoms with Crippen LogP contribution in [0.25, 0.3) is 0 Å². The Morgan fingerprint density at radius 3 is 2.53 bits per heavy atom. The third-order valence-electron chi connectivity index (χ3n) is 3.13. The van der Waals surface area contributed by atoms with Gasteiger partial charge >= 0.3 is 0 Å². The fraction of sp³-hybridized carbons (Fsp3) is 0.429. The topological polar surface area (TPSA) is 44.1 Å². The fourth-order valence-electron chi connectivity index (χ4n) is 1.56. The second kappa shape index (κ2) is 5.49. The van der Waals surface area contributed by atoms with Crippen molar-refractivity contribution in [2.45, 2.75) is 26.8 Å². The summed E-state index contributed by atoms with van der Waals surface area (Å²) < 4.78 is 0. The molecule has 0 radical (unpaired) electrons. The van der Waals surface area contributed by atoms with Gasteiger partial charge in [-0.2, -0.15) is 5.26 Å². The van der Waals surface area contributed by atoms with Gasteiger partial charge in [-0.05, 0) is 31.0 Å².